The van der Waals surface area contributed by atoms with Crippen molar-refractivity contribution in [2.75, 3.05) is 22.6 Å². The van der Waals surface area contributed by atoms with Gasteiger partial charge < -0.3 is 19.9 Å². The van der Waals surface area contributed by atoms with Gasteiger partial charge in [0.2, 0.25) is 11.8 Å². The zero-order valence-corrected chi connectivity index (χ0v) is 18.8. The number of nitrogens with zero attached hydrogens (tertiary/aromatic N) is 4. The largest absolute Gasteiger partial charge is 0.477 e. The molecule has 0 spiro atoms. The minimum Gasteiger partial charge on any atom is -0.477 e. The van der Waals surface area contributed by atoms with E-state index in [9.17, 15) is 4.79 Å². The molecule has 0 bridgehead atoms. The first kappa shape index (κ1) is 21.1. The molecule has 10 nitrogen and oxygen atoms in total. The fraction of sp³-hybridized carbons (Fsp3) is 0.240. The van der Waals surface area contributed by atoms with E-state index in [1.165, 1.54) is 19.2 Å². The Morgan fingerprint density at radius 3 is 2.83 bits per heavy atom. The highest BCUT2D eigenvalue weighted by Crippen LogP contribution is 2.38. The number of nitrogens with one attached hydrogen (secondary N) is 3. The summed E-state index contributed by atoms with van der Waals surface area (Å²) in [6, 6.07) is 12.6. The molecule has 3 N–H and O–H groups in total. The van der Waals surface area contributed by atoms with E-state index in [0.717, 1.165) is 35.5 Å². The van der Waals surface area contributed by atoms with Crippen LogP contribution in [0, 0.1) is 5.92 Å². The summed E-state index contributed by atoms with van der Waals surface area (Å²) < 4.78 is 11.1. The summed E-state index contributed by atoms with van der Waals surface area (Å²) in [5.41, 5.74) is 4.14. The maximum absolute atomic E-state index is 12.4. The third kappa shape index (κ3) is 4.77. The van der Waals surface area contributed by atoms with E-state index in [1.807, 2.05) is 36.4 Å². The Kier molecular flexibility index (Phi) is 5.45. The van der Waals surface area contributed by atoms with Crippen LogP contribution in [0.5, 0.6) is 5.88 Å². The molecule has 1 atom stereocenters. The molecule has 6 rings (SSSR count). The molecule has 1 saturated carbocycles. The number of benzene rings is 1. The second-order valence-electron chi connectivity index (χ2n) is 8.68. The molecular weight excluding hydrogens is 446 g/mol. The van der Waals surface area contributed by atoms with Gasteiger partial charge in [0.1, 0.15) is 17.8 Å². The van der Waals surface area contributed by atoms with Crippen molar-refractivity contribution in [3.8, 4) is 17.1 Å². The van der Waals surface area contributed by atoms with Crippen molar-refractivity contribution < 1.29 is 14.1 Å². The molecule has 3 aromatic heterocycles. The van der Waals surface area contributed by atoms with Gasteiger partial charge in [-0.05, 0) is 48.6 Å². The number of anilines is 3. The van der Waals surface area contributed by atoms with Gasteiger partial charge in [-0.2, -0.15) is 0 Å². The topological polar surface area (TPSA) is 127 Å². The van der Waals surface area contributed by atoms with E-state index < -0.39 is 6.03 Å². The Balaban J connectivity index is 1.06. The summed E-state index contributed by atoms with van der Waals surface area (Å²) in [7, 11) is 0. The standard InChI is InChI=1S/C25H23N7O3/c33-25(31-22-11-21(32-35-22)17-2-1-9-26-12-17)29-18-7-5-16(6-8-18)20-10-19-23(30-20)27-14-28-24(19)34-13-15-3-4-15/h1-2,5-9,11-12,14-15,20H,3-4,10,13H2,(H,27,28,30)(H2,29,31,33). The second-order valence-corrected chi connectivity index (χ2v) is 8.68. The predicted molar refractivity (Wildman–Crippen MR) is 129 cm³/mol. The number of rotatable bonds is 7. The number of carbonyl (C=O) groups excluding carboxylic acids is 1. The summed E-state index contributed by atoms with van der Waals surface area (Å²) in [6.45, 7) is 0.718. The Hall–Kier alpha value is -4.47. The van der Waals surface area contributed by atoms with Crippen LogP contribution in [0.4, 0.5) is 22.2 Å². The Morgan fingerprint density at radius 2 is 2.03 bits per heavy atom. The van der Waals surface area contributed by atoms with Gasteiger partial charge in [-0.25, -0.2) is 14.8 Å². The molecule has 0 radical (unpaired) electrons. The van der Waals surface area contributed by atoms with Gasteiger partial charge in [0, 0.05) is 36.1 Å². The van der Waals surface area contributed by atoms with Crippen molar-refractivity contribution in [1.82, 2.24) is 20.1 Å². The van der Waals surface area contributed by atoms with Crippen LogP contribution in [0.3, 0.4) is 0 Å². The molecule has 1 aliphatic carbocycles. The highest BCUT2D eigenvalue weighted by molar-refractivity contribution is 5.99. The molecule has 1 fully saturated rings. The molecule has 35 heavy (non-hydrogen) atoms. The summed E-state index contributed by atoms with van der Waals surface area (Å²) in [5.74, 6) is 2.39. The quantitative estimate of drug-likeness (QED) is 0.356. The van der Waals surface area contributed by atoms with E-state index in [2.05, 4.69) is 36.1 Å². The number of pyridine rings is 1. The van der Waals surface area contributed by atoms with E-state index in [0.29, 0.717) is 23.2 Å². The van der Waals surface area contributed by atoms with E-state index in [-0.39, 0.29) is 11.9 Å². The average Bonchev–Trinajstić information content (AvgIpc) is 3.42. The third-order valence-corrected chi connectivity index (χ3v) is 6.05. The van der Waals surface area contributed by atoms with Crippen LogP contribution in [-0.4, -0.2) is 32.7 Å². The first-order valence-electron chi connectivity index (χ1n) is 11.5. The molecule has 176 valence electrons. The lowest BCUT2D eigenvalue weighted by Gasteiger charge is -2.12. The maximum atomic E-state index is 12.4. The predicted octanol–water partition coefficient (Wildman–Crippen LogP) is 4.67. The molecule has 10 heteroatoms. The normalized spacial score (nSPS) is 16.3. The molecule has 4 heterocycles. The van der Waals surface area contributed by atoms with Crippen LogP contribution in [0.25, 0.3) is 11.3 Å². The van der Waals surface area contributed by atoms with Gasteiger partial charge in [-0.15, -0.1) is 0 Å². The highest BCUT2D eigenvalue weighted by atomic mass is 16.5. The molecule has 4 aromatic rings. The van der Waals surface area contributed by atoms with Gasteiger partial charge in [0.25, 0.3) is 0 Å². The minimum absolute atomic E-state index is 0.0629. The molecule has 1 unspecified atom stereocenters. The average molecular weight is 470 g/mol. The molecule has 2 amide bonds. The van der Waals surface area contributed by atoms with Gasteiger partial charge in [-0.3, -0.25) is 10.3 Å². The van der Waals surface area contributed by atoms with Crippen molar-refractivity contribution in [2.45, 2.75) is 25.3 Å². The molecule has 0 saturated heterocycles. The van der Waals surface area contributed by atoms with Crippen molar-refractivity contribution >= 4 is 23.4 Å². The number of fused-ring (bicyclic) bond motifs is 1. The van der Waals surface area contributed by atoms with Crippen LogP contribution in [-0.2, 0) is 6.42 Å². The number of hydrogen-bond acceptors (Lipinski definition) is 8. The van der Waals surface area contributed by atoms with Crippen molar-refractivity contribution in [2.24, 2.45) is 5.92 Å². The van der Waals surface area contributed by atoms with E-state index in [1.54, 1.807) is 18.5 Å². The van der Waals surface area contributed by atoms with E-state index >= 15 is 0 Å². The van der Waals surface area contributed by atoms with Crippen LogP contribution < -0.4 is 20.7 Å². The Morgan fingerprint density at radius 1 is 1.14 bits per heavy atom. The number of urea groups is 1. The molecule has 1 aromatic carbocycles. The van der Waals surface area contributed by atoms with Crippen molar-refractivity contribution in [3.05, 3.63) is 72.3 Å². The molecule has 1 aliphatic heterocycles. The first-order chi connectivity index (χ1) is 17.2. The van der Waals surface area contributed by atoms with Gasteiger partial charge >= 0.3 is 6.03 Å². The lowest BCUT2D eigenvalue weighted by molar-refractivity contribution is 0.261. The second kappa shape index (κ2) is 9.05. The van der Waals surface area contributed by atoms with Gasteiger partial charge in [0.15, 0.2) is 0 Å². The number of carbonyl (C=O) groups is 1. The van der Waals surface area contributed by atoms with E-state index in [4.69, 9.17) is 9.26 Å². The van der Waals surface area contributed by atoms with Crippen molar-refractivity contribution in [1.29, 1.82) is 0 Å². The van der Waals surface area contributed by atoms with Gasteiger partial charge in [-0.1, -0.05) is 17.3 Å². The SMILES string of the molecule is O=C(Nc1ccc(C2Cc3c(ncnc3OCC3CC3)N2)cc1)Nc1cc(-c2cccnc2)no1. The molecule has 2 aliphatic rings. The third-order valence-electron chi connectivity index (χ3n) is 6.05. The van der Waals surface area contributed by atoms with Crippen LogP contribution in [0.1, 0.15) is 30.0 Å². The fourth-order valence-electron chi connectivity index (χ4n) is 3.99. The Labute approximate surface area is 201 Å². The summed E-state index contributed by atoms with van der Waals surface area (Å²) >= 11 is 0. The van der Waals surface area contributed by atoms with Gasteiger partial charge in [0.05, 0.1) is 18.2 Å². The monoisotopic (exact) mass is 469 g/mol. The van der Waals surface area contributed by atoms with Crippen LogP contribution >= 0.6 is 0 Å². The van der Waals surface area contributed by atoms with Crippen LogP contribution in [0.15, 0.2) is 65.7 Å². The molecular formula is C25H23N7O3. The number of ether oxygens (including phenoxy) is 1. The number of aromatic nitrogens is 4. The zero-order chi connectivity index (χ0) is 23.6. The van der Waals surface area contributed by atoms with Crippen LogP contribution in [0.2, 0.25) is 0 Å². The minimum atomic E-state index is -0.425. The lowest BCUT2D eigenvalue weighted by Crippen LogP contribution is -2.19. The fourth-order valence-corrected chi connectivity index (χ4v) is 3.99. The summed E-state index contributed by atoms with van der Waals surface area (Å²) in [5, 5.41) is 12.9. The smallest absolute Gasteiger partial charge is 0.326 e. The maximum Gasteiger partial charge on any atom is 0.326 e. The highest BCUT2D eigenvalue weighted by Gasteiger charge is 2.29. The lowest BCUT2D eigenvalue weighted by atomic mass is 10.0. The van der Waals surface area contributed by atoms with Crippen molar-refractivity contribution in [3.63, 3.8) is 0 Å². The summed E-state index contributed by atoms with van der Waals surface area (Å²) in [6.07, 6.45) is 8.10. The summed E-state index contributed by atoms with van der Waals surface area (Å²) in [4.78, 5) is 25.2. The zero-order valence-electron chi connectivity index (χ0n) is 18.8. The first-order valence-corrected chi connectivity index (χ1v) is 11.5. The number of amides is 2. The Bertz CT molecular complexity index is 1340. The number of hydrogen-bond donors (Lipinski definition) is 3.